The lowest BCUT2D eigenvalue weighted by Crippen LogP contribution is -2.24. The summed E-state index contributed by atoms with van der Waals surface area (Å²) in [4.78, 5) is 8.17. The molecule has 0 saturated carbocycles. The Balaban J connectivity index is 2.99. The molecule has 1 aromatic heterocycles. The molecule has 1 heterocycles. The van der Waals surface area contributed by atoms with E-state index in [0.29, 0.717) is 5.82 Å². The molecule has 5 nitrogen and oxygen atoms in total. The molecule has 0 aliphatic carbocycles. The molecule has 4 N–H and O–H groups in total. The topological polar surface area (TPSA) is 84.1 Å². The first kappa shape index (κ1) is 12.7. The maximum Gasteiger partial charge on any atom is 0.135 e. The maximum absolute atomic E-state index is 9.15. The predicted octanol–water partition coefficient (Wildman–Crippen LogP) is 1.37. The molecule has 1 unspecified atom stereocenters. The van der Waals surface area contributed by atoms with Gasteiger partial charge in [0.05, 0.1) is 12.6 Å². The highest BCUT2D eigenvalue weighted by atomic mass is 16.3. The predicted molar refractivity (Wildman–Crippen MR) is 65.3 cm³/mol. The first-order valence-corrected chi connectivity index (χ1v) is 5.57. The zero-order valence-corrected chi connectivity index (χ0v) is 10.1. The van der Waals surface area contributed by atoms with E-state index in [0.717, 1.165) is 17.8 Å². The summed E-state index contributed by atoms with van der Waals surface area (Å²) in [7, 11) is 0. The third-order valence-electron chi connectivity index (χ3n) is 2.55. The van der Waals surface area contributed by atoms with Gasteiger partial charge < -0.3 is 16.2 Å². The quantitative estimate of drug-likeness (QED) is 0.703. The number of hydrogen-bond acceptors (Lipinski definition) is 5. The Kier molecular flexibility index (Phi) is 4.49. The van der Waals surface area contributed by atoms with E-state index in [-0.39, 0.29) is 18.6 Å². The van der Waals surface area contributed by atoms with Crippen molar-refractivity contribution < 1.29 is 5.11 Å². The summed E-state index contributed by atoms with van der Waals surface area (Å²) in [6.07, 6.45) is 2.27. The van der Waals surface area contributed by atoms with Crippen LogP contribution in [0.25, 0.3) is 0 Å². The van der Waals surface area contributed by atoms with Crippen LogP contribution in [-0.4, -0.2) is 27.7 Å². The van der Waals surface area contributed by atoms with Gasteiger partial charge in [-0.1, -0.05) is 20.8 Å². The number of nitrogens with zero attached hydrogens (tertiary/aromatic N) is 2. The van der Waals surface area contributed by atoms with E-state index in [1.165, 1.54) is 6.33 Å². The average molecular weight is 224 g/mol. The van der Waals surface area contributed by atoms with Gasteiger partial charge in [0, 0.05) is 5.56 Å². The normalized spacial score (nSPS) is 12.8. The van der Waals surface area contributed by atoms with E-state index >= 15 is 0 Å². The Hall–Kier alpha value is -1.36. The van der Waals surface area contributed by atoms with Gasteiger partial charge in [0.25, 0.3) is 0 Å². The second-order valence-electron chi connectivity index (χ2n) is 4.11. The maximum atomic E-state index is 9.15. The Morgan fingerprint density at radius 3 is 2.62 bits per heavy atom. The summed E-state index contributed by atoms with van der Waals surface area (Å²) in [5.74, 6) is 1.48. The minimum Gasteiger partial charge on any atom is -0.394 e. The number of anilines is 2. The summed E-state index contributed by atoms with van der Waals surface area (Å²) < 4.78 is 0. The molecule has 1 atom stereocenters. The monoisotopic (exact) mass is 224 g/mol. The smallest absolute Gasteiger partial charge is 0.135 e. The van der Waals surface area contributed by atoms with Crippen molar-refractivity contribution in [3.63, 3.8) is 0 Å². The third kappa shape index (κ3) is 2.82. The van der Waals surface area contributed by atoms with E-state index in [2.05, 4.69) is 15.3 Å². The molecule has 0 fully saturated rings. The Bertz CT molecular complexity index is 337. The van der Waals surface area contributed by atoms with Gasteiger partial charge in [0.2, 0.25) is 0 Å². The molecule has 0 aliphatic heterocycles. The summed E-state index contributed by atoms with van der Waals surface area (Å²) in [6, 6.07) is 0.00630. The summed E-state index contributed by atoms with van der Waals surface area (Å²) in [5, 5.41) is 12.3. The van der Waals surface area contributed by atoms with E-state index in [1.807, 2.05) is 20.8 Å². The van der Waals surface area contributed by atoms with Crippen LogP contribution < -0.4 is 11.1 Å². The van der Waals surface area contributed by atoms with Crippen molar-refractivity contribution >= 4 is 11.6 Å². The molecule has 0 amide bonds. The highest BCUT2D eigenvalue weighted by Gasteiger charge is 2.15. The van der Waals surface area contributed by atoms with E-state index in [9.17, 15) is 0 Å². The van der Waals surface area contributed by atoms with Gasteiger partial charge >= 0.3 is 0 Å². The lowest BCUT2D eigenvalue weighted by atomic mass is 10.0. The van der Waals surface area contributed by atoms with Crippen LogP contribution in [0.1, 0.15) is 38.7 Å². The largest absolute Gasteiger partial charge is 0.394 e. The first-order chi connectivity index (χ1) is 7.60. The molecule has 1 rings (SSSR count). The number of aromatic nitrogens is 2. The lowest BCUT2D eigenvalue weighted by molar-refractivity contribution is 0.271. The average Bonchev–Trinajstić information content (AvgIpc) is 2.25. The highest BCUT2D eigenvalue weighted by molar-refractivity contribution is 5.57. The van der Waals surface area contributed by atoms with Crippen LogP contribution in [0.2, 0.25) is 0 Å². The molecule has 0 aliphatic rings. The van der Waals surface area contributed by atoms with Crippen LogP contribution in [0, 0.1) is 0 Å². The molecule has 1 aromatic rings. The van der Waals surface area contributed by atoms with Gasteiger partial charge in [-0.2, -0.15) is 0 Å². The van der Waals surface area contributed by atoms with Crippen LogP contribution in [0.15, 0.2) is 6.33 Å². The fourth-order valence-corrected chi connectivity index (χ4v) is 1.56. The number of nitrogen functional groups attached to an aromatic ring is 1. The van der Waals surface area contributed by atoms with Crippen LogP contribution >= 0.6 is 0 Å². The summed E-state index contributed by atoms with van der Waals surface area (Å²) in [6.45, 7) is 6.17. The van der Waals surface area contributed by atoms with Gasteiger partial charge in [0.1, 0.15) is 18.0 Å². The molecular weight excluding hydrogens is 204 g/mol. The van der Waals surface area contributed by atoms with Crippen molar-refractivity contribution in [2.45, 2.75) is 39.2 Å². The van der Waals surface area contributed by atoms with Crippen LogP contribution in [0.3, 0.4) is 0 Å². The van der Waals surface area contributed by atoms with Crippen molar-refractivity contribution in [2.24, 2.45) is 0 Å². The Morgan fingerprint density at radius 1 is 1.44 bits per heavy atom. The third-order valence-corrected chi connectivity index (χ3v) is 2.55. The van der Waals surface area contributed by atoms with Crippen molar-refractivity contribution in [1.29, 1.82) is 0 Å². The van der Waals surface area contributed by atoms with Gasteiger partial charge in [-0.15, -0.1) is 0 Å². The molecule has 16 heavy (non-hydrogen) atoms. The van der Waals surface area contributed by atoms with Crippen LogP contribution in [-0.2, 0) is 0 Å². The number of rotatable bonds is 5. The zero-order valence-electron chi connectivity index (χ0n) is 10.1. The highest BCUT2D eigenvalue weighted by Crippen LogP contribution is 2.26. The van der Waals surface area contributed by atoms with Crippen LogP contribution in [0.4, 0.5) is 11.6 Å². The van der Waals surface area contributed by atoms with Gasteiger partial charge in [-0.25, -0.2) is 9.97 Å². The lowest BCUT2D eigenvalue weighted by Gasteiger charge is -2.19. The van der Waals surface area contributed by atoms with Gasteiger partial charge in [0.15, 0.2) is 0 Å². The SMILES string of the molecule is CCC(CO)Nc1ncnc(N)c1C(C)C. The molecule has 0 bridgehead atoms. The van der Waals surface area contributed by atoms with Gasteiger partial charge in [-0.05, 0) is 12.3 Å². The Morgan fingerprint density at radius 2 is 2.12 bits per heavy atom. The van der Waals surface area contributed by atoms with Crippen molar-refractivity contribution in [3.8, 4) is 0 Å². The van der Waals surface area contributed by atoms with Crippen molar-refractivity contribution in [3.05, 3.63) is 11.9 Å². The zero-order chi connectivity index (χ0) is 12.1. The number of hydrogen-bond donors (Lipinski definition) is 3. The summed E-state index contributed by atoms with van der Waals surface area (Å²) in [5.41, 5.74) is 6.74. The molecular formula is C11H20N4O. The van der Waals surface area contributed by atoms with Crippen molar-refractivity contribution in [2.75, 3.05) is 17.7 Å². The number of nitrogens with two attached hydrogens (primary N) is 1. The van der Waals surface area contributed by atoms with E-state index in [4.69, 9.17) is 10.8 Å². The molecule has 0 aromatic carbocycles. The van der Waals surface area contributed by atoms with E-state index < -0.39 is 0 Å². The second-order valence-corrected chi connectivity index (χ2v) is 4.11. The second kappa shape index (κ2) is 5.65. The standard InChI is InChI=1S/C11H20N4O/c1-4-8(5-16)15-11-9(7(2)3)10(12)13-6-14-11/h6-8,16H,4-5H2,1-3H3,(H3,12,13,14,15). The minimum atomic E-state index is 0.00630. The van der Waals surface area contributed by atoms with Gasteiger partial charge in [-0.3, -0.25) is 0 Å². The van der Waals surface area contributed by atoms with E-state index in [1.54, 1.807) is 0 Å². The first-order valence-electron chi connectivity index (χ1n) is 5.57. The molecule has 0 radical (unpaired) electrons. The van der Waals surface area contributed by atoms with Crippen LogP contribution in [0.5, 0.6) is 0 Å². The molecule has 5 heteroatoms. The molecule has 0 saturated heterocycles. The van der Waals surface area contributed by atoms with Crippen molar-refractivity contribution in [1.82, 2.24) is 9.97 Å². The minimum absolute atomic E-state index is 0.00630. The fraction of sp³-hybridized carbons (Fsp3) is 0.636. The Labute approximate surface area is 96.1 Å². The summed E-state index contributed by atoms with van der Waals surface area (Å²) >= 11 is 0. The number of aliphatic hydroxyl groups excluding tert-OH is 1. The molecule has 0 spiro atoms. The number of aliphatic hydroxyl groups is 1. The molecule has 90 valence electrons. The number of nitrogens with one attached hydrogen (secondary N) is 1. The fourth-order valence-electron chi connectivity index (χ4n) is 1.56.